The van der Waals surface area contributed by atoms with E-state index < -0.39 is 0 Å². The minimum Gasteiger partial charge on any atom is -0.310 e. The number of nitrogens with zero attached hydrogens (tertiary/aromatic N) is 3. The second-order valence-electron chi connectivity index (χ2n) is 5.33. The van der Waals surface area contributed by atoms with E-state index in [1.807, 2.05) is 24.7 Å². The van der Waals surface area contributed by atoms with Gasteiger partial charge >= 0.3 is 0 Å². The van der Waals surface area contributed by atoms with Crippen LogP contribution in [0.3, 0.4) is 0 Å². The van der Waals surface area contributed by atoms with Gasteiger partial charge in [0.25, 0.3) is 0 Å². The van der Waals surface area contributed by atoms with Crippen molar-refractivity contribution in [1.82, 2.24) is 20.1 Å². The summed E-state index contributed by atoms with van der Waals surface area (Å²) in [5.41, 5.74) is 5.48. The molecular weight excluding hydrogens is 236 g/mol. The molecule has 0 atom stereocenters. The summed E-state index contributed by atoms with van der Waals surface area (Å²) in [5.74, 6) is 0. The largest absolute Gasteiger partial charge is 0.310 e. The summed E-state index contributed by atoms with van der Waals surface area (Å²) in [5, 5.41) is 8.01. The summed E-state index contributed by atoms with van der Waals surface area (Å²) in [4.78, 5) is 4.40. The Hall–Kier alpha value is -1.68. The lowest BCUT2D eigenvalue weighted by molar-refractivity contribution is 0.585. The van der Waals surface area contributed by atoms with E-state index in [9.17, 15) is 0 Å². The fourth-order valence-corrected chi connectivity index (χ4v) is 2.09. The molecule has 2 heterocycles. The third-order valence-corrected chi connectivity index (χ3v) is 3.04. The molecular formula is C15H22N4. The van der Waals surface area contributed by atoms with E-state index in [1.54, 1.807) is 0 Å². The molecule has 2 rings (SSSR count). The van der Waals surface area contributed by atoms with Crippen LogP contribution < -0.4 is 5.32 Å². The molecule has 0 aliphatic rings. The number of rotatable bonds is 4. The van der Waals surface area contributed by atoms with Gasteiger partial charge in [-0.1, -0.05) is 13.8 Å². The van der Waals surface area contributed by atoms with Crippen LogP contribution in [0.5, 0.6) is 0 Å². The van der Waals surface area contributed by atoms with Crippen LogP contribution in [0.4, 0.5) is 0 Å². The third-order valence-electron chi connectivity index (χ3n) is 3.04. The minimum atomic E-state index is 0.453. The lowest BCUT2D eigenvalue weighted by Crippen LogP contribution is -2.23. The Labute approximate surface area is 114 Å². The Bertz CT molecular complexity index is 570. The second-order valence-corrected chi connectivity index (χ2v) is 5.33. The van der Waals surface area contributed by atoms with Crippen molar-refractivity contribution in [1.29, 1.82) is 0 Å². The van der Waals surface area contributed by atoms with Gasteiger partial charge in [0, 0.05) is 35.7 Å². The molecule has 4 nitrogen and oxygen atoms in total. The van der Waals surface area contributed by atoms with E-state index in [0.717, 1.165) is 29.3 Å². The van der Waals surface area contributed by atoms with E-state index in [2.05, 4.69) is 48.3 Å². The molecule has 0 radical (unpaired) electrons. The molecule has 2 aromatic heterocycles. The van der Waals surface area contributed by atoms with Crippen LogP contribution in [0.1, 0.15) is 36.5 Å². The fourth-order valence-electron chi connectivity index (χ4n) is 2.09. The molecule has 19 heavy (non-hydrogen) atoms. The topological polar surface area (TPSA) is 42.7 Å². The first-order valence-electron chi connectivity index (χ1n) is 6.70. The van der Waals surface area contributed by atoms with Gasteiger partial charge in [0.05, 0.1) is 11.4 Å². The van der Waals surface area contributed by atoms with Crippen molar-refractivity contribution in [3.8, 4) is 5.69 Å². The van der Waals surface area contributed by atoms with Crippen LogP contribution in [-0.2, 0) is 6.54 Å². The van der Waals surface area contributed by atoms with Crippen LogP contribution in [0.2, 0.25) is 0 Å². The maximum atomic E-state index is 4.57. The average Bonchev–Trinajstić information content (AvgIpc) is 2.66. The van der Waals surface area contributed by atoms with Gasteiger partial charge in [-0.15, -0.1) is 0 Å². The van der Waals surface area contributed by atoms with Crippen molar-refractivity contribution in [3.05, 3.63) is 41.0 Å². The van der Waals surface area contributed by atoms with E-state index in [-0.39, 0.29) is 0 Å². The van der Waals surface area contributed by atoms with Gasteiger partial charge in [-0.2, -0.15) is 5.10 Å². The van der Waals surface area contributed by atoms with Gasteiger partial charge in [0.15, 0.2) is 0 Å². The maximum Gasteiger partial charge on any atom is 0.0727 e. The summed E-state index contributed by atoms with van der Waals surface area (Å²) in [6.45, 7) is 11.2. The highest BCUT2D eigenvalue weighted by atomic mass is 15.3. The zero-order chi connectivity index (χ0) is 14.0. The smallest absolute Gasteiger partial charge is 0.0727 e. The quantitative estimate of drug-likeness (QED) is 0.917. The zero-order valence-electron chi connectivity index (χ0n) is 12.4. The van der Waals surface area contributed by atoms with Crippen molar-refractivity contribution in [2.45, 2.75) is 47.2 Å². The molecule has 0 spiro atoms. The number of aromatic nitrogens is 3. The highest BCUT2D eigenvalue weighted by Crippen LogP contribution is 2.17. The standard InChI is InChI=1S/C15H22N4/c1-10(2)16-8-14-9-17-11(3)7-15(14)19-13(5)6-12(4)18-19/h6-7,9-10,16H,8H2,1-5H3. The van der Waals surface area contributed by atoms with Crippen LogP contribution in [0.25, 0.3) is 5.69 Å². The van der Waals surface area contributed by atoms with E-state index in [0.29, 0.717) is 6.04 Å². The lowest BCUT2D eigenvalue weighted by atomic mass is 10.2. The van der Waals surface area contributed by atoms with Crippen molar-refractivity contribution in [2.24, 2.45) is 0 Å². The van der Waals surface area contributed by atoms with Crippen molar-refractivity contribution < 1.29 is 0 Å². The Balaban J connectivity index is 2.42. The summed E-state index contributed by atoms with van der Waals surface area (Å²) in [6, 6.07) is 4.64. The molecule has 0 fully saturated rings. The normalized spacial score (nSPS) is 11.3. The summed E-state index contributed by atoms with van der Waals surface area (Å²) in [6.07, 6.45) is 1.94. The molecule has 0 aromatic carbocycles. The first-order chi connectivity index (χ1) is 8.97. The van der Waals surface area contributed by atoms with Crippen molar-refractivity contribution in [2.75, 3.05) is 0 Å². The van der Waals surface area contributed by atoms with E-state index in [1.165, 1.54) is 5.56 Å². The molecule has 0 bridgehead atoms. The number of pyridine rings is 1. The first-order valence-corrected chi connectivity index (χ1v) is 6.70. The molecule has 0 amide bonds. The summed E-state index contributed by atoms with van der Waals surface area (Å²) < 4.78 is 2.00. The van der Waals surface area contributed by atoms with Gasteiger partial charge < -0.3 is 5.32 Å². The van der Waals surface area contributed by atoms with E-state index in [4.69, 9.17) is 0 Å². The molecule has 0 unspecified atom stereocenters. The third kappa shape index (κ3) is 3.20. The molecule has 4 heteroatoms. The molecule has 0 aliphatic heterocycles. The van der Waals surface area contributed by atoms with Crippen LogP contribution in [-0.4, -0.2) is 20.8 Å². The van der Waals surface area contributed by atoms with Crippen molar-refractivity contribution in [3.63, 3.8) is 0 Å². The Morgan fingerprint density at radius 3 is 2.47 bits per heavy atom. The monoisotopic (exact) mass is 258 g/mol. The van der Waals surface area contributed by atoms with Gasteiger partial charge in [-0.05, 0) is 32.9 Å². The highest BCUT2D eigenvalue weighted by Gasteiger charge is 2.10. The van der Waals surface area contributed by atoms with Crippen LogP contribution >= 0.6 is 0 Å². The minimum absolute atomic E-state index is 0.453. The molecule has 102 valence electrons. The number of aryl methyl sites for hydroxylation is 3. The van der Waals surface area contributed by atoms with Crippen molar-refractivity contribution >= 4 is 0 Å². The van der Waals surface area contributed by atoms with Crippen LogP contribution in [0, 0.1) is 20.8 Å². The zero-order valence-corrected chi connectivity index (χ0v) is 12.4. The Kier molecular flexibility index (Phi) is 4.00. The van der Waals surface area contributed by atoms with E-state index >= 15 is 0 Å². The molecule has 0 aliphatic carbocycles. The SMILES string of the molecule is Cc1cc(-n2nc(C)cc2C)c(CNC(C)C)cn1. The second kappa shape index (κ2) is 5.53. The van der Waals surface area contributed by atoms with Crippen LogP contribution in [0.15, 0.2) is 18.3 Å². The maximum absolute atomic E-state index is 4.57. The van der Waals surface area contributed by atoms with Gasteiger partial charge in [-0.3, -0.25) is 4.98 Å². The number of nitrogens with one attached hydrogen (secondary N) is 1. The fraction of sp³-hybridized carbons (Fsp3) is 0.467. The molecule has 1 N–H and O–H groups in total. The number of hydrogen-bond acceptors (Lipinski definition) is 3. The summed E-state index contributed by atoms with van der Waals surface area (Å²) in [7, 11) is 0. The average molecular weight is 258 g/mol. The predicted octanol–water partition coefficient (Wildman–Crippen LogP) is 2.69. The number of hydrogen-bond donors (Lipinski definition) is 1. The molecule has 2 aromatic rings. The molecule has 0 saturated heterocycles. The highest BCUT2D eigenvalue weighted by molar-refractivity contribution is 5.41. The van der Waals surface area contributed by atoms with Gasteiger partial charge in [0.1, 0.15) is 0 Å². The molecule has 0 saturated carbocycles. The lowest BCUT2D eigenvalue weighted by Gasteiger charge is -2.14. The van der Waals surface area contributed by atoms with Gasteiger partial charge in [0.2, 0.25) is 0 Å². The first kappa shape index (κ1) is 13.7. The Morgan fingerprint density at radius 1 is 1.16 bits per heavy atom. The predicted molar refractivity (Wildman–Crippen MR) is 77.5 cm³/mol. The van der Waals surface area contributed by atoms with Gasteiger partial charge in [-0.25, -0.2) is 4.68 Å². The Morgan fingerprint density at radius 2 is 1.89 bits per heavy atom. The summed E-state index contributed by atoms with van der Waals surface area (Å²) >= 11 is 0.